The second-order valence-electron chi connectivity index (χ2n) is 8.31. The van der Waals surface area contributed by atoms with Crippen LogP contribution in [-0.2, 0) is 9.59 Å². The molecule has 202 valence electrons. The Morgan fingerprint density at radius 3 is 2.48 bits per heavy atom. The molecule has 0 unspecified atom stereocenters. The van der Waals surface area contributed by atoms with Gasteiger partial charge in [0.05, 0.1) is 21.9 Å². The molecule has 3 aromatic carbocycles. The van der Waals surface area contributed by atoms with Gasteiger partial charge in [-0.25, -0.2) is 4.98 Å². The number of aryl methyl sites for hydroxylation is 1. The number of thioether (sulfide) groups is 1. The van der Waals surface area contributed by atoms with E-state index in [2.05, 4.69) is 20.9 Å². The third-order valence-electron chi connectivity index (χ3n) is 5.29. The lowest BCUT2D eigenvalue weighted by molar-refractivity contribution is -0.385. The Bertz CT molecular complexity index is 1590. The van der Waals surface area contributed by atoms with Crippen molar-refractivity contribution in [3.05, 3.63) is 117 Å². The maximum absolute atomic E-state index is 13.3. The van der Waals surface area contributed by atoms with Crippen LogP contribution in [0, 0.1) is 17.0 Å². The third kappa shape index (κ3) is 7.85. The monoisotopic (exact) mass is 573 g/mol. The van der Waals surface area contributed by atoms with Gasteiger partial charge in [0.2, 0.25) is 5.91 Å². The van der Waals surface area contributed by atoms with Crippen LogP contribution in [0.25, 0.3) is 6.08 Å². The molecule has 0 atom stereocenters. The van der Waals surface area contributed by atoms with E-state index in [9.17, 15) is 24.5 Å². The highest BCUT2D eigenvalue weighted by atomic mass is 32.2. The zero-order valence-electron chi connectivity index (χ0n) is 21.1. The molecule has 40 heavy (non-hydrogen) atoms. The largest absolute Gasteiger partial charge is 0.321 e. The Hall–Kier alpha value is -4.81. The first-order valence-electron chi connectivity index (χ1n) is 11.9. The third-order valence-corrected chi connectivity index (χ3v) is 7.16. The van der Waals surface area contributed by atoms with E-state index < -0.39 is 16.7 Å². The number of hydrogen-bond donors (Lipinski definition) is 3. The fraction of sp³-hybridized carbons (Fsp3) is 0.0714. The van der Waals surface area contributed by atoms with Crippen LogP contribution in [0.1, 0.15) is 21.6 Å². The number of benzene rings is 3. The molecule has 1 aromatic heterocycles. The summed E-state index contributed by atoms with van der Waals surface area (Å²) >= 11 is 2.62. The zero-order valence-corrected chi connectivity index (χ0v) is 22.8. The quantitative estimate of drug-likeness (QED) is 0.0984. The van der Waals surface area contributed by atoms with Gasteiger partial charge in [-0.15, -0.1) is 23.1 Å². The summed E-state index contributed by atoms with van der Waals surface area (Å²) in [5.41, 5.74) is 1.30. The van der Waals surface area contributed by atoms with E-state index in [1.165, 1.54) is 47.4 Å². The van der Waals surface area contributed by atoms with Crippen molar-refractivity contribution in [3.63, 3.8) is 0 Å². The molecular weight excluding hydrogens is 550 g/mol. The van der Waals surface area contributed by atoms with Gasteiger partial charge in [-0.1, -0.05) is 36.4 Å². The summed E-state index contributed by atoms with van der Waals surface area (Å²) < 4.78 is 0. The van der Waals surface area contributed by atoms with Gasteiger partial charge >= 0.3 is 0 Å². The molecule has 0 aliphatic rings. The van der Waals surface area contributed by atoms with Crippen molar-refractivity contribution in [2.75, 3.05) is 16.4 Å². The molecule has 10 nitrogen and oxygen atoms in total. The van der Waals surface area contributed by atoms with Gasteiger partial charge in [0.25, 0.3) is 17.5 Å². The summed E-state index contributed by atoms with van der Waals surface area (Å²) in [6.07, 6.45) is 1.26. The smallest absolute Gasteiger partial charge is 0.276 e. The van der Waals surface area contributed by atoms with E-state index in [0.29, 0.717) is 16.4 Å². The maximum atomic E-state index is 13.3. The number of thiazole rings is 1. The highest BCUT2D eigenvalue weighted by Crippen LogP contribution is 2.24. The van der Waals surface area contributed by atoms with Crippen LogP contribution in [-0.4, -0.2) is 33.4 Å². The molecule has 12 heteroatoms. The van der Waals surface area contributed by atoms with Crippen molar-refractivity contribution >= 4 is 63.4 Å². The molecule has 0 saturated heterocycles. The lowest BCUT2D eigenvalue weighted by Crippen LogP contribution is -2.30. The summed E-state index contributed by atoms with van der Waals surface area (Å²) in [6.45, 7) is 1.84. The first-order chi connectivity index (χ1) is 19.3. The molecule has 4 aromatic rings. The fourth-order valence-electron chi connectivity index (χ4n) is 3.45. The van der Waals surface area contributed by atoms with E-state index in [-0.39, 0.29) is 28.6 Å². The van der Waals surface area contributed by atoms with E-state index in [1.54, 1.807) is 60.7 Å². The SMILES string of the molecule is Cc1csc(NC(=O)CSc2cccc(NC(=O)/C(=C\c3ccccc3[N+](=O)[O-])NC(=O)c3ccccc3)c2)n1. The van der Waals surface area contributed by atoms with Crippen molar-refractivity contribution in [1.29, 1.82) is 0 Å². The van der Waals surface area contributed by atoms with Crippen molar-refractivity contribution in [2.24, 2.45) is 0 Å². The van der Waals surface area contributed by atoms with Crippen LogP contribution >= 0.6 is 23.1 Å². The maximum Gasteiger partial charge on any atom is 0.276 e. The van der Waals surface area contributed by atoms with Crippen molar-refractivity contribution in [1.82, 2.24) is 10.3 Å². The van der Waals surface area contributed by atoms with E-state index in [1.807, 2.05) is 12.3 Å². The van der Waals surface area contributed by atoms with Gasteiger partial charge < -0.3 is 16.0 Å². The van der Waals surface area contributed by atoms with E-state index in [0.717, 1.165) is 10.6 Å². The number of rotatable bonds is 10. The lowest BCUT2D eigenvalue weighted by Gasteiger charge is -2.12. The normalized spacial score (nSPS) is 11.0. The molecule has 1 heterocycles. The first kappa shape index (κ1) is 28.2. The van der Waals surface area contributed by atoms with Gasteiger partial charge in [0, 0.05) is 27.6 Å². The van der Waals surface area contributed by atoms with Gasteiger partial charge in [0.1, 0.15) is 5.70 Å². The summed E-state index contributed by atoms with van der Waals surface area (Å²) in [7, 11) is 0. The molecule has 0 aliphatic heterocycles. The van der Waals surface area contributed by atoms with Crippen LogP contribution in [0.4, 0.5) is 16.5 Å². The molecule has 0 radical (unpaired) electrons. The number of para-hydroxylation sites is 1. The van der Waals surface area contributed by atoms with Crippen LogP contribution in [0.2, 0.25) is 0 Å². The number of nitro benzene ring substituents is 1. The number of carbonyl (C=O) groups is 3. The molecule has 0 bridgehead atoms. The Labute approximate surface area is 237 Å². The van der Waals surface area contributed by atoms with E-state index >= 15 is 0 Å². The molecule has 0 spiro atoms. The number of nitrogens with zero attached hydrogens (tertiary/aromatic N) is 2. The minimum absolute atomic E-state index is 0.131. The Morgan fingerprint density at radius 2 is 1.75 bits per heavy atom. The standard InChI is InChI=1S/C28H23N5O5S2/c1-18-16-40-28(29-18)32-25(34)17-39-22-12-7-11-21(15-22)30-27(36)23(31-26(35)19-8-3-2-4-9-19)14-20-10-5-6-13-24(20)33(37)38/h2-16H,17H2,1H3,(H,30,36)(H,31,35)(H,29,32,34)/b23-14+. The average Bonchev–Trinajstić information content (AvgIpc) is 3.36. The van der Waals surface area contributed by atoms with Crippen LogP contribution in [0.3, 0.4) is 0 Å². The number of aromatic nitrogens is 1. The molecule has 3 N–H and O–H groups in total. The van der Waals surface area contributed by atoms with Gasteiger partial charge in [-0.2, -0.15) is 0 Å². The van der Waals surface area contributed by atoms with Crippen LogP contribution in [0.15, 0.2) is 94.8 Å². The topological polar surface area (TPSA) is 143 Å². The lowest BCUT2D eigenvalue weighted by atomic mass is 10.1. The second kappa shape index (κ2) is 13.3. The molecule has 3 amide bonds. The molecular formula is C28H23N5O5S2. The number of carbonyl (C=O) groups excluding carboxylic acids is 3. The summed E-state index contributed by atoms with van der Waals surface area (Å²) in [6, 6.07) is 21.0. The zero-order chi connectivity index (χ0) is 28.5. The van der Waals surface area contributed by atoms with E-state index in [4.69, 9.17) is 0 Å². The minimum atomic E-state index is -0.679. The Kier molecular flexibility index (Phi) is 9.39. The number of nitro groups is 1. The average molecular weight is 574 g/mol. The van der Waals surface area contributed by atoms with Crippen molar-refractivity contribution < 1.29 is 19.3 Å². The summed E-state index contributed by atoms with van der Waals surface area (Å²) in [4.78, 5) is 54.3. The van der Waals surface area contributed by atoms with Gasteiger partial charge in [0.15, 0.2) is 5.13 Å². The molecule has 0 aliphatic carbocycles. The number of anilines is 2. The van der Waals surface area contributed by atoms with Gasteiger partial charge in [-0.05, 0) is 49.4 Å². The summed E-state index contributed by atoms with van der Waals surface area (Å²) in [5, 5.41) is 21.9. The van der Waals surface area contributed by atoms with Crippen LogP contribution in [0.5, 0.6) is 0 Å². The predicted octanol–water partition coefficient (Wildman–Crippen LogP) is 5.50. The van der Waals surface area contributed by atoms with Crippen molar-refractivity contribution in [3.8, 4) is 0 Å². The Balaban J connectivity index is 1.51. The summed E-state index contributed by atoms with van der Waals surface area (Å²) in [5.74, 6) is -1.31. The number of amides is 3. The predicted molar refractivity (Wildman–Crippen MR) is 156 cm³/mol. The second-order valence-corrected chi connectivity index (χ2v) is 10.2. The molecule has 4 rings (SSSR count). The fourth-order valence-corrected chi connectivity index (χ4v) is 4.91. The van der Waals surface area contributed by atoms with Crippen molar-refractivity contribution in [2.45, 2.75) is 11.8 Å². The van der Waals surface area contributed by atoms with Crippen LogP contribution < -0.4 is 16.0 Å². The minimum Gasteiger partial charge on any atom is -0.321 e. The van der Waals surface area contributed by atoms with Gasteiger partial charge in [-0.3, -0.25) is 24.5 Å². The molecule has 0 fully saturated rings. The first-order valence-corrected chi connectivity index (χ1v) is 13.7. The highest BCUT2D eigenvalue weighted by Gasteiger charge is 2.18. The Morgan fingerprint density at radius 1 is 1.00 bits per heavy atom. The number of hydrogen-bond acceptors (Lipinski definition) is 8. The highest BCUT2D eigenvalue weighted by molar-refractivity contribution is 8.00. The molecule has 0 saturated carbocycles. The number of nitrogens with one attached hydrogen (secondary N) is 3.